The Labute approximate surface area is 135 Å². The quantitative estimate of drug-likeness (QED) is 0.714. The summed E-state index contributed by atoms with van der Waals surface area (Å²) in [4.78, 5) is 12.1. The fourth-order valence-corrected chi connectivity index (χ4v) is 2.49. The Morgan fingerprint density at radius 3 is 2.74 bits per heavy atom. The van der Waals surface area contributed by atoms with Crippen molar-refractivity contribution >= 4 is 23.0 Å². The minimum Gasteiger partial charge on any atom is -0.459 e. The lowest BCUT2D eigenvalue weighted by Crippen LogP contribution is -2.24. The molecule has 0 radical (unpaired) electrons. The molecular weight excluding hydrogens is 286 g/mol. The summed E-state index contributed by atoms with van der Waals surface area (Å²) in [6.45, 7) is 3.94. The van der Waals surface area contributed by atoms with Crippen LogP contribution in [0.3, 0.4) is 0 Å². The van der Waals surface area contributed by atoms with Gasteiger partial charge < -0.3 is 9.73 Å². The van der Waals surface area contributed by atoms with Crippen molar-refractivity contribution in [1.82, 2.24) is 5.32 Å². The Hall–Kier alpha value is -2.81. The highest BCUT2D eigenvalue weighted by Crippen LogP contribution is 2.23. The number of nitrogens with one attached hydrogen (secondary N) is 1. The van der Waals surface area contributed by atoms with Crippen LogP contribution in [0.1, 0.15) is 29.9 Å². The molecule has 3 nitrogen and oxygen atoms in total. The van der Waals surface area contributed by atoms with E-state index >= 15 is 0 Å². The Morgan fingerprint density at radius 2 is 1.96 bits per heavy atom. The normalized spacial score (nSPS) is 12.6. The van der Waals surface area contributed by atoms with E-state index in [2.05, 4.69) is 5.32 Å². The Bertz CT molecular complexity index is 828. The van der Waals surface area contributed by atoms with E-state index in [9.17, 15) is 4.79 Å². The van der Waals surface area contributed by atoms with E-state index < -0.39 is 0 Å². The zero-order valence-corrected chi connectivity index (χ0v) is 13.2. The van der Waals surface area contributed by atoms with Crippen LogP contribution in [0.2, 0.25) is 0 Å². The summed E-state index contributed by atoms with van der Waals surface area (Å²) in [6.07, 6.45) is 3.36. The van der Waals surface area contributed by atoms with Gasteiger partial charge in [-0.3, -0.25) is 4.79 Å². The average molecular weight is 305 g/mol. The molecule has 0 aliphatic heterocycles. The van der Waals surface area contributed by atoms with Crippen molar-refractivity contribution in [2.24, 2.45) is 0 Å². The van der Waals surface area contributed by atoms with Crippen LogP contribution in [-0.4, -0.2) is 5.91 Å². The van der Waals surface area contributed by atoms with Gasteiger partial charge in [0.2, 0.25) is 5.91 Å². The van der Waals surface area contributed by atoms with E-state index in [4.69, 9.17) is 4.42 Å². The molecule has 116 valence electrons. The lowest BCUT2D eigenvalue weighted by Gasteiger charge is -2.09. The summed E-state index contributed by atoms with van der Waals surface area (Å²) < 4.78 is 5.77. The van der Waals surface area contributed by atoms with Crippen LogP contribution in [0.15, 0.2) is 65.1 Å². The van der Waals surface area contributed by atoms with Gasteiger partial charge >= 0.3 is 0 Å². The number of hydrogen-bond donors (Lipinski definition) is 1. The number of furan rings is 1. The van der Waals surface area contributed by atoms with Gasteiger partial charge in [0.05, 0.1) is 6.04 Å². The predicted octanol–water partition coefficient (Wildman–Crippen LogP) is 4.63. The molecule has 1 aromatic heterocycles. The Kier molecular flexibility index (Phi) is 4.29. The van der Waals surface area contributed by atoms with Crippen LogP contribution in [-0.2, 0) is 4.79 Å². The van der Waals surface area contributed by atoms with E-state index in [1.165, 1.54) is 5.56 Å². The van der Waals surface area contributed by atoms with Crippen LogP contribution < -0.4 is 5.32 Å². The maximum Gasteiger partial charge on any atom is 0.244 e. The summed E-state index contributed by atoms with van der Waals surface area (Å²) in [7, 11) is 0. The molecule has 0 saturated heterocycles. The van der Waals surface area contributed by atoms with Gasteiger partial charge in [-0.2, -0.15) is 0 Å². The number of carbonyl (C=O) groups excluding carboxylic acids is 1. The number of amides is 1. The van der Waals surface area contributed by atoms with Gasteiger partial charge in [-0.15, -0.1) is 0 Å². The van der Waals surface area contributed by atoms with Crippen molar-refractivity contribution < 1.29 is 9.21 Å². The van der Waals surface area contributed by atoms with Gasteiger partial charge in [-0.05, 0) is 37.6 Å². The molecule has 0 unspecified atom stereocenters. The fourth-order valence-electron chi connectivity index (χ4n) is 2.49. The summed E-state index contributed by atoms with van der Waals surface area (Å²) in [5.74, 6) is 0.614. The van der Waals surface area contributed by atoms with E-state index in [0.717, 1.165) is 22.3 Å². The second-order valence-corrected chi connectivity index (χ2v) is 5.66. The smallest absolute Gasteiger partial charge is 0.244 e. The molecule has 3 heteroatoms. The SMILES string of the molecule is Cc1cccc(/C=C/C(=O)N[C@@H](C)c2cc3ccccc3o2)c1. The zero-order valence-electron chi connectivity index (χ0n) is 13.2. The first-order valence-corrected chi connectivity index (χ1v) is 7.65. The summed E-state index contributed by atoms with van der Waals surface area (Å²) >= 11 is 0. The Balaban J connectivity index is 1.67. The number of fused-ring (bicyclic) bond motifs is 1. The molecule has 23 heavy (non-hydrogen) atoms. The van der Waals surface area contributed by atoms with Crippen LogP contribution in [0.25, 0.3) is 17.0 Å². The van der Waals surface area contributed by atoms with Gasteiger partial charge in [0.25, 0.3) is 0 Å². The monoisotopic (exact) mass is 305 g/mol. The lowest BCUT2D eigenvalue weighted by molar-refractivity contribution is -0.117. The third kappa shape index (κ3) is 3.69. The van der Waals surface area contributed by atoms with E-state index in [1.54, 1.807) is 6.08 Å². The first-order valence-electron chi connectivity index (χ1n) is 7.65. The minimum atomic E-state index is -0.183. The molecule has 0 saturated carbocycles. The molecule has 3 rings (SSSR count). The van der Waals surface area contributed by atoms with Gasteiger partial charge in [0.15, 0.2) is 0 Å². The highest BCUT2D eigenvalue weighted by atomic mass is 16.3. The summed E-state index contributed by atoms with van der Waals surface area (Å²) in [5.41, 5.74) is 3.01. The van der Waals surface area contributed by atoms with Gasteiger partial charge in [0, 0.05) is 11.5 Å². The van der Waals surface area contributed by atoms with Crippen LogP contribution in [0.5, 0.6) is 0 Å². The van der Waals surface area contributed by atoms with Gasteiger partial charge in [-0.1, -0.05) is 48.0 Å². The van der Waals surface area contributed by atoms with E-state index in [1.807, 2.05) is 74.5 Å². The number of para-hydroxylation sites is 1. The first kappa shape index (κ1) is 15.1. The molecule has 1 N–H and O–H groups in total. The van der Waals surface area contributed by atoms with Gasteiger partial charge in [0.1, 0.15) is 11.3 Å². The van der Waals surface area contributed by atoms with E-state index in [-0.39, 0.29) is 11.9 Å². The number of rotatable bonds is 4. The summed E-state index contributed by atoms with van der Waals surface area (Å²) in [5, 5.41) is 3.96. The van der Waals surface area contributed by atoms with Crippen molar-refractivity contribution in [2.75, 3.05) is 0 Å². The number of hydrogen-bond acceptors (Lipinski definition) is 2. The second kappa shape index (κ2) is 6.53. The highest BCUT2D eigenvalue weighted by molar-refractivity contribution is 5.92. The highest BCUT2D eigenvalue weighted by Gasteiger charge is 2.12. The van der Waals surface area contributed by atoms with Crippen molar-refractivity contribution in [1.29, 1.82) is 0 Å². The average Bonchev–Trinajstić information content (AvgIpc) is 2.97. The van der Waals surface area contributed by atoms with E-state index in [0.29, 0.717) is 0 Å². The molecule has 0 bridgehead atoms. The fraction of sp³-hybridized carbons (Fsp3) is 0.150. The minimum absolute atomic E-state index is 0.139. The molecular formula is C20H19NO2. The molecule has 3 aromatic rings. The number of benzene rings is 2. The third-order valence-electron chi connectivity index (χ3n) is 3.70. The molecule has 1 heterocycles. The van der Waals surface area contributed by atoms with Crippen molar-refractivity contribution in [3.63, 3.8) is 0 Å². The lowest BCUT2D eigenvalue weighted by atomic mass is 10.1. The maximum atomic E-state index is 12.1. The topological polar surface area (TPSA) is 42.2 Å². The maximum absolute atomic E-state index is 12.1. The second-order valence-electron chi connectivity index (χ2n) is 5.66. The number of carbonyl (C=O) groups is 1. The predicted molar refractivity (Wildman–Crippen MR) is 93.0 cm³/mol. The van der Waals surface area contributed by atoms with Crippen LogP contribution in [0.4, 0.5) is 0 Å². The summed E-state index contributed by atoms with van der Waals surface area (Å²) in [6, 6.07) is 17.6. The molecule has 0 aliphatic carbocycles. The Morgan fingerprint density at radius 1 is 1.13 bits per heavy atom. The molecule has 0 aliphatic rings. The molecule has 1 atom stereocenters. The van der Waals surface area contributed by atoms with Crippen molar-refractivity contribution in [3.8, 4) is 0 Å². The van der Waals surface area contributed by atoms with Crippen molar-refractivity contribution in [3.05, 3.63) is 77.6 Å². The molecule has 0 spiro atoms. The largest absolute Gasteiger partial charge is 0.459 e. The molecule has 0 fully saturated rings. The molecule has 1 amide bonds. The standard InChI is InChI=1S/C20H19NO2/c1-14-6-5-7-16(12-14)10-11-20(22)21-15(2)19-13-17-8-3-4-9-18(17)23-19/h3-13,15H,1-2H3,(H,21,22)/b11-10+/t15-/m0/s1. The zero-order chi connectivity index (χ0) is 16.2. The number of aryl methyl sites for hydroxylation is 1. The van der Waals surface area contributed by atoms with Crippen LogP contribution >= 0.6 is 0 Å². The first-order chi connectivity index (χ1) is 11.1. The van der Waals surface area contributed by atoms with Crippen molar-refractivity contribution in [2.45, 2.75) is 19.9 Å². The third-order valence-corrected chi connectivity index (χ3v) is 3.70. The van der Waals surface area contributed by atoms with Gasteiger partial charge in [-0.25, -0.2) is 0 Å². The van der Waals surface area contributed by atoms with Crippen LogP contribution in [0, 0.1) is 6.92 Å². The molecule has 2 aromatic carbocycles.